The Morgan fingerprint density at radius 1 is 1.44 bits per heavy atom. The monoisotopic (exact) mass is 128 g/mol. The SMILES string of the molecule is CNC(N)C1CCCC1. The normalized spacial score (nSPS) is 24.7. The van der Waals surface area contributed by atoms with Crippen LogP contribution in [0.15, 0.2) is 0 Å². The van der Waals surface area contributed by atoms with Crippen molar-refractivity contribution in [3.63, 3.8) is 0 Å². The summed E-state index contributed by atoms with van der Waals surface area (Å²) in [5.41, 5.74) is 5.77. The van der Waals surface area contributed by atoms with Gasteiger partial charge >= 0.3 is 0 Å². The molecular weight excluding hydrogens is 112 g/mol. The van der Waals surface area contributed by atoms with Gasteiger partial charge in [-0.05, 0) is 25.8 Å². The first-order valence-electron chi connectivity index (χ1n) is 3.77. The van der Waals surface area contributed by atoms with Crippen LogP contribution in [0.1, 0.15) is 25.7 Å². The number of hydrogen-bond donors (Lipinski definition) is 2. The number of rotatable bonds is 2. The summed E-state index contributed by atoms with van der Waals surface area (Å²) in [6.07, 6.45) is 5.64. The Balaban J connectivity index is 2.24. The van der Waals surface area contributed by atoms with Crippen LogP contribution in [0.4, 0.5) is 0 Å². The lowest BCUT2D eigenvalue weighted by atomic mass is 10.1. The third-order valence-electron chi connectivity index (χ3n) is 2.24. The minimum absolute atomic E-state index is 0.243. The summed E-state index contributed by atoms with van der Waals surface area (Å²) in [5.74, 6) is 0.745. The molecule has 3 N–H and O–H groups in total. The highest BCUT2D eigenvalue weighted by molar-refractivity contribution is 4.74. The smallest absolute Gasteiger partial charge is 0.0572 e. The second-order valence-electron chi connectivity index (χ2n) is 2.86. The summed E-state index contributed by atoms with van der Waals surface area (Å²) in [4.78, 5) is 0. The summed E-state index contributed by atoms with van der Waals surface area (Å²) in [6.45, 7) is 0. The summed E-state index contributed by atoms with van der Waals surface area (Å²) in [5, 5.41) is 3.08. The highest BCUT2D eigenvalue weighted by Gasteiger charge is 2.19. The molecule has 0 aromatic carbocycles. The summed E-state index contributed by atoms with van der Waals surface area (Å²) < 4.78 is 0. The van der Waals surface area contributed by atoms with Crippen LogP contribution >= 0.6 is 0 Å². The second kappa shape index (κ2) is 3.18. The molecule has 0 heterocycles. The van der Waals surface area contributed by atoms with Crippen molar-refractivity contribution in [3.05, 3.63) is 0 Å². The Kier molecular flexibility index (Phi) is 2.49. The Labute approximate surface area is 56.8 Å². The lowest BCUT2D eigenvalue weighted by molar-refractivity contribution is 0.389. The molecule has 0 saturated heterocycles. The van der Waals surface area contributed by atoms with Gasteiger partial charge in [-0.3, -0.25) is 0 Å². The van der Waals surface area contributed by atoms with Gasteiger partial charge in [-0.25, -0.2) is 0 Å². The lowest BCUT2D eigenvalue weighted by Gasteiger charge is -2.16. The van der Waals surface area contributed by atoms with Gasteiger partial charge in [0.15, 0.2) is 0 Å². The first kappa shape index (κ1) is 7.03. The van der Waals surface area contributed by atoms with Crippen LogP contribution in [-0.4, -0.2) is 13.2 Å². The fraction of sp³-hybridized carbons (Fsp3) is 1.00. The highest BCUT2D eigenvalue weighted by Crippen LogP contribution is 2.25. The van der Waals surface area contributed by atoms with Crippen LogP contribution < -0.4 is 11.1 Å². The van der Waals surface area contributed by atoms with Crippen LogP contribution in [0.3, 0.4) is 0 Å². The summed E-state index contributed by atoms with van der Waals surface area (Å²) in [6, 6.07) is 0. The average Bonchev–Trinajstić information content (AvgIpc) is 2.37. The first-order chi connectivity index (χ1) is 4.34. The van der Waals surface area contributed by atoms with Crippen LogP contribution in [0.2, 0.25) is 0 Å². The second-order valence-corrected chi connectivity index (χ2v) is 2.86. The van der Waals surface area contributed by atoms with Crippen molar-refractivity contribution in [2.75, 3.05) is 7.05 Å². The maximum absolute atomic E-state index is 5.77. The zero-order valence-electron chi connectivity index (χ0n) is 6.06. The third kappa shape index (κ3) is 1.66. The van der Waals surface area contributed by atoms with Crippen LogP contribution in [-0.2, 0) is 0 Å². The number of nitrogens with one attached hydrogen (secondary N) is 1. The maximum atomic E-state index is 5.77. The van der Waals surface area contributed by atoms with Gasteiger partial charge in [0.1, 0.15) is 0 Å². The molecule has 1 rings (SSSR count). The van der Waals surface area contributed by atoms with E-state index in [2.05, 4.69) is 5.32 Å². The van der Waals surface area contributed by atoms with E-state index in [-0.39, 0.29) is 6.17 Å². The molecule has 0 spiro atoms. The number of nitrogens with two attached hydrogens (primary N) is 1. The zero-order valence-corrected chi connectivity index (χ0v) is 6.06. The zero-order chi connectivity index (χ0) is 6.69. The van der Waals surface area contributed by atoms with E-state index in [4.69, 9.17) is 5.73 Å². The molecule has 0 aromatic heterocycles. The van der Waals surface area contributed by atoms with Crippen molar-refractivity contribution in [3.8, 4) is 0 Å². The molecule has 54 valence electrons. The van der Waals surface area contributed by atoms with Gasteiger partial charge in [0.2, 0.25) is 0 Å². The predicted molar refractivity (Wildman–Crippen MR) is 39.0 cm³/mol. The van der Waals surface area contributed by atoms with E-state index in [1.807, 2.05) is 7.05 Å². The lowest BCUT2D eigenvalue weighted by Crippen LogP contribution is -2.40. The molecule has 1 saturated carbocycles. The first-order valence-corrected chi connectivity index (χ1v) is 3.77. The van der Waals surface area contributed by atoms with E-state index in [0.29, 0.717) is 0 Å². The van der Waals surface area contributed by atoms with E-state index in [1.54, 1.807) is 0 Å². The highest BCUT2D eigenvalue weighted by atomic mass is 15.0. The molecule has 0 aliphatic heterocycles. The standard InChI is InChI=1S/C7H16N2/c1-9-7(8)6-4-2-3-5-6/h6-7,9H,2-5,8H2,1H3. The molecule has 1 aliphatic rings. The Bertz CT molecular complexity index is 77.0. The minimum Gasteiger partial charge on any atom is -0.316 e. The molecule has 2 heteroatoms. The fourth-order valence-electron chi connectivity index (χ4n) is 1.55. The van der Waals surface area contributed by atoms with Crippen LogP contribution in [0, 0.1) is 5.92 Å². The van der Waals surface area contributed by atoms with Gasteiger partial charge in [0, 0.05) is 0 Å². The predicted octanol–water partition coefficient (Wildman–Crippen LogP) is 0.681. The molecule has 1 atom stereocenters. The topological polar surface area (TPSA) is 38.0 Å². The summed E-state index contributed by atoms with van der Waals surface area (Å²) >= 11 is 0. The molecule has 0 bridgehead atoms. The van der Waals surface area contributed by atoms with Crippen molar-refractivity contribution in [1.29, 1.82) is 0 Å². The van der Waals surface area contributed by atoms with Crippen molar-refractivity contribution >= 4 is 0 Å². The van der Waals surface area contributed by atoms with Gasteiger partial charge in [-0.15, -0.1) is 0 Å². The van der Waals surface area contributed by atoms with Gasteiger partial charge in [0.05, 0.1) is 6.17 Å². The van der Waals surface area contributed by atoms with E-state index in [0.717, 1.165) is 5.92 Å². The van der Waals surface area contributed by atoms with Crippen molar-refractivity contribution in [2.24, 2.45) is 11.7 Å². The largest absolute Gasteiger partial charge is 0.316 e. The fourth-order valence-corrected chi connectivity index (χ4v) is 1.55. The van der Waals surface area contributed by atoms with Crippen LogP contribution in [0.5, 0.6) is 0 Å². The van der Waals surface area contributed by atoms with Crippen LogP contribution in [0.25, 0.3) is 0 Å². The van der Waals surface area contributed by atoms with Gasteiger partial charge in [-0.2, -0.15) is 0 Å². The third-order valence-corrected chi connectivity index (χ3v) is 2.24. The maximum Gasteiger partial charge on any atom is 0.0572 e. The van der Waals surface area contributed by atoms with E-state index >= 15 is 0 Å². The number of hydrogen-bond acceptors (Lipinski definition) is 2. The molecule has 0 radical (unpaired) electrons. The van der Waals surface area contributed by atoms with E-state index in [1.165, 1.54) is 25.7 Å². The molecule has 0 amide bonds. The van der Waals surface area contributed by atoms with Crippen molar-refractivity contribution in [2.45, 2.75) is 31.8 Å². The van der Waals surface area contributed by atoms with Crippen molar-refractivity contribution < 1.29 is 0 Å². The molecule has 1 unspecified atom stereocenters. The molecule has 0 aromatic rings. The van der Waals surface area contributed by atoms with Gasteiger partial charge in [0.25, 0.3) is 0 Å². The molecule has 1 aliphatic carbocycles. The minimum atomic E-state index is 0.243. The average molecular weight is 128 g/mol. The van der Waals surface area contributed by atoms with Gasteiger partial charge in [-0.1, -0.05) is 12.8 Å². The Morgan fingerprint density at radius 2 is 2.00 bits per heavy atom. The summed E-state index contributed by atoms with van der Waals surface area (Å²) in [7, 11) is 1.93. The van der Waals surface area contributed by atoms with E-state index in [9.17, 15) is 0 Å². The van der Waals surface area contributed by atoms with Crippen molar-refractivity contribution in [1.82, 2.24) is 5.32 Å². The molecule has 1 fully saturated rings. The van der Waals surface area contributed by atoms with E-state index < -0.39 is 0 Å². The Morgan fingerprint density at radius 3 is 2.44 bits per heavy atom. The molecular formula is C7H16N2. The molecule has 9 heavy (non-hydrogen) atoms. The quantitative estimate of drug-likeness (QED) is 0.537. The molecule has 2 nitrogen and oxygen atoms in total. The Hall–Kier alpha value is -0.0800. The van der Waals surface area contributed by atoms with Gasteiger partial charge < -0.3 is 11.1 Å².